The molecule has 0 radical (unpaired) electrons. The highest BCUT2D eigenvalue weighted by Gasteiger charge is 2.28. The van der Waals surface area contributed by atoms with Gasteiger partial charge in [0.05, 0.1) is 26.1 Å². The molecule has 172 valence electrons. The number of piperidine rings is 2. The topological polar surface area (TPSA) is 79.8 Å². The number of hydrogen-bond donors (Lipinski definition) is 1. The summed E-state index contributed by atoms with van der Waals surface area (Å²) in [6, 6.07) is 5.64. The van der Waals surface area contributed by atoms with Crippen molar-refractivity contribution >= 4 is 17.4 Å². The third kappa shape index (κ3) is 5.06. The van der Waals surface area contributed by atoms with Gasteiger partial charge in [-0.3, -0.25) is 4.79 Å². The number of ether oxygens (including phenoxy) is 2. The minimum atomic E-state index is 0.0126. The molecule has 32 heavy (non-hydrogen) atoms. The Bertz CT molecular complexity index is 908. The van der Waals surface area contributed by atoms with Crippen LogP contribution in [0.1, 0.15) is 37.7 Å². The molecule has 8 nitrogen and oxygen atoms in total. The van der Waals surface area contributed by atoms with Crippen LogP contribution in [0.3, 0.4) is 0 Å². The van der Waals surface area contributed by atoms with Crippen molar-refractivity contribution in [2.24, 2.45) is 5.92 Å². The van der Waals surface area contributed by atoms with E-state index in [9.17, 15) is 4.79 Å². The van der Waals surface area contributed by atoms with Gasteiger partial charge in [0.2, 0.25) is 5.91 Å². The molecule has 0 atom stereocenters. The Morgan fingerprint density at radius 2 is 1.84 bits per heavy atom. The zero-order valence-corrected chi connectivity index (χ0v) is 19.0. The van der Waals surface area contributed by atoms with Crippen LogP contribution in [0.4, 0.5) is 11.5 Å². The molecule has 1 aromatic carbocycles. The van der Waals surface area contributed by atoms with Gasteiger partial charge in [-0.05, 0) is 44.2 Å². The second-order valence-corrected chi connectivity index (χ2v) is 8.44. The number of carbonyl (C=O) groups excluding carboxylic acids is 1. The van der Waals surface area contributed by atoms with Crippen molar-refractivity contribution in [3.8, 4) is 11.5 Å². The number of nitrogens with one attached hydrogen (secondary N) is 1. The van der Waals surface area contributed by atoms with E-state index < -0.39 is 0 Å². The SMILES string of the molecule is COc1ccc(CNC(=O)C2CCN(c3cncnc3N3CCCCC3)CC2)c(OC)c1. The molecule has 2 aromatic rings. The van der Waals surface area contributed by atoms with Crippen LogP contribution < -0.4 is 24.6 Å². The molecule has 3 heterocycles. The zero-order chi connectivity index (χ0) is 22.3. The lowest BCUT2D eigenvalue weighted by molar-refractivity contribution is -0.125. The van der Waals surface area contributed by atoms with Crippen LogP contribution in [0.15, 0.2) is 30.7 Å². The average molecular weight is 440 g/mol. The lowest BCUT2D eigenvalue weighted by Gasteiger charge is -2.36. The smallest absolute Gasteiger partial charge is 0.223 e. The number of benzene rings is 1. The van der Waals surface area contributed by atoms with Gasteiger partial charge in [-0.2, -0.15) is 0 Å². The fourth-order valence-corrected chi connectivity index (χ4v) is 4.60. The van der Waals surface area contributed by atoms with E-state index in [0.717, 1.165) is 61.8 Å². The maximum absolute atomic E-state index is 12.8. The predicted molar refractivity (Wildman–Crippen MR) is 124 cm³/mol. The van der Waals surface area contributed by atoms with Gasteiger partial charge in [0.25, 0.3) is 0 Å². The minimum Gasteiger partial charge on any atom is -0.497 e. The normalized spacial score (nSPS) is 17.2. The molecule has 2 fully saturated rings. The Morgan fingerprint density at radius 1 is 1.06 bits per heavy atom. The molecular weight excluding hydrogens is 406 g/mol. The van der Waals surface area contributed by atoms with E-state index >= 15 is 0 Å². The molecule has 2 aliphatic heterocycles. The van der Waals surface area contributed by atoms with Crippen LogP contribution in [0.2, 0.25) is 0 Å². The molecule has 0 spiro atoms. The highest BCUT2D eigenvalue weighted by molar-refractivity contribution is 5.79. The predicted octanol–water partition coefficient (Wildman–Crippen LogP) is 3.02. The summed E-state index contributed by atoms with van der Waals surface area (Å²) in [5, 5.41) is 3.09. The van der Waals surface area contributed by atoms with Crippen molar-refractivity contribution in [1.29, 1.82) is 0 Å². The lowest BCUT2D eigenvalue weighted by Crippen LogP contribution is -2.41. The minimum absolute atomic E-state index is 0.0126. The number of methoxy groups -OCH3 is 2. The van der Waals surface area contributed by atoms with Crippen molar-refractivity contribution in [3.63, 3.8) is 0 Å². The summed E-state index contributed by atoms with van der Waals surface area (Å²) in [4.78, 5) is 26.4. The van der Waals surface area contributed by atoms with Gasteiger partial charge in [0.15, 0.2) is 5.82 Å². The van der Waals surface area contributed by atoms with E-state index in [1.165, 1.54) is 19.3 Å². The number of anilines is 2. The van der Waals surface area contributed by atoms with Gasteiger partial charge in [0.1, 0.15) is 17.8 Å². The molecule has 0 aliphatic carbocycles. The number of nitrogens with zero attached hydrogens (tertiary/aromatic N) is 4. The maximum atomic E-state index is 12.8. The largest absolute Gasteiger partial charge is 0.497 e. The summed E-state index contributed by atoms with van der Waals surface area (Å²) in [6.45, 7) is 4.21. The first kappa shape index (κ1) is 22.2. The fraction of sp³-hybridized carbons (Fsp3) is 0.542. The van der Waals surface area contributed by atoms with Crippen LogP contribution >= 0.6 is 0 Å². The maximum Gasteiger partial charge on any atom is 0.223 e. The van der Waals surface area contributed by atoms with E-state index in [-0.39, 0.29) is 11.8 Å². The third-order valence-corrected chi connectivity index (χ3v) is 6.48. The highest BCUT2D eigenvalue weighted by atomic mass is 16.5. The molecule has 0 saturated carbocycles. The Labute approximate surface area is 189 Å². The molecule has 0 bridgehead atoms. The lowest BCUT2D eigenvalue weighted by atomic mass is 9.95. The third-order valence-electron chi connectivity index (χ3n) is 6.48. The molecule has 1 N–H and O–H groups in total. The van der Waals surface area contributed by atoms with Crippen LogP contribution in [0.25, 0.3) is 0 Å². The molecule has 2 saturated heterocycles. The Balaban J connectivity index is 1.33. The fourth-order valence-electron chi connectivity index (χ4n) is 4.60. The van der Waals surface area contributed by atoms with E-state index in [4.69, 9.17) is 9.47 Å². The second-order valence-electron chi connectivity index (χ2n) is 8.44. The highest BCUT2D eigenvalue weighted by Crippen LogP contribution is 2.31. The van der Waals surface area contributed by atoms with Gasteiger partial charge in [-0.15, -0.1) is 0 Å². The van der Waals surface area contributed by atoms with Crippen LogP contribution in [0, 0.1) is 5.92 Å². The number of rotatable bonds is 7. The van der Waals surface area contributed by atoms with Gasteiger partial charge in [-0.1, -0.05) is 0 Å². The van der Waals surface area contributed by atoms with Crippen molar-refractivity contribution in [1.82, 2.24) is 15.3 Å². The number of hydrogen-bond acceptors (Lipinski definition) is 7. The zero-order valence-electron chi connectivity index (χ0n) is 19.0. The van der Waals surface area contributed by atoms with Gasteiger partial charge in [-0.25, -0.2) is 9.97 Å². The Kier molecular flexibility index (Phi) is 7.29. The second kappa shape index (κ2) is 10.5. The van der Waals surface area contributed by atoms with Crippen LogP contribution in [-0.4, -0.2) is 56.3 Å². The van der Waals surface area contributed by atoms with Crippen LogP contribution in [-0.2, 0) is 11.3 Å². The molecular formula is C24H33N5O3. The monoisotopic (exact) mass is 439 g/mol. The van der Waals surface area contributed by atoms with E-state index in [1.807, 2.05) is 24.4 Å². The van der Waals surface area contributed by atoms with Gasteiger partial charge < -0.3 is 24.6 Å². The van der Waals surface area contributed by atoms with E-state index in [0.29, 0.717) is 12.3 Å². The first-order valence-corrected chi connectivity index (χ1v) is 11.5. The van der Waals surface area contributed by atoms with Crippen molar-refractivity contribution in [2.45, 2.75) is 38.6 Å². The van der Waals surface area contributed by atoms with Gasteiger partial charge in [0, 0.05) is 50.3 Å². The van der Waals surface area contributed by atoms with E-state index in [2.05, 4.69) is 25.1 Å². The standard InChI is InChI=1S/C24H33N5O3/c1-31-20-7-6-19(22(14-20)32-2)15-26-24(30)18-8-12-28(13-9-18)21-16-25-17-27-23(21)29-10-4-3-5-11-29/h6-7,14,16-18H,3-5,8-13,15H2,1-2H3,(H,26,30). The number of aromatic nitrogens is 2. The Morgan fingerprint density at radius 3 is 2.56 bits per heavy atom. The molecule has 0 unspecified atom stereocenters. The summed E-state index contributed by atoms with van der Waals surface area (Å²) in [6.07, 6.45) is 8.92. The first-order valence-electron chi connectivity index (χ1n) is 11.5. The van der Waals surface area contributed by atoms with Crippen molar-refractivity contribution in [2.75, 3.05) is 50.2 Å². The van der Waals surface area contributed by atoms with Gasteiger partial charge >= 0.3 is 0 Å². The molecule has 1 aromatic heterocycles. The van der Waals surface area contributed by atoms with Crippen molar-refractivity contribution in [3.05, 3.63) is 36.3 Å². The summed E-state index contributed by atoms with van der Waals surface area (Å²) in [7, 11) is 3.25. The first-order chi connectivity index (χ1) is 15.7. The summed E-state index contributed by atoms with van der Waals surface area (Å²) in [5.74, 6) is 2.60. The Hall–Kier alpha value is -3.03. The molecule has 4 rings (SSSR count). The summed E-state index contributed by atoms with van der Waals surface area (Å²) >= 11 is 0. The number of amides is 1. The summed E-state index contributed by atoms with van der Waals surface area (Å²) in [5.41, 5.74) is 2.03. The number of carbonyl (C=O) groups is 1. The average Bonchev–Trinajstić information content (AvgIpc) is 2.87. The quantitative estimate of drug-likeness (QED) is 0.710. The molecule has 8 heteroatoms. The van der Waals surface area contributed by atoms with Crippen LogP contribution in [0.5, 0.6) is 11.5 Å². The molecule has 2 aliphatic rings. The van der Waals surface area contributed by atoms with Crippen molar-refractivity contribution < 1.29 is 14.3 Å². The molecule has 1 amide bonds. The summed E-state index contributed by atoms with van der Waals surface area (Å²) < 4.78 is 10.7. The van der Waals surface area contributed by atoms with E-state index in [1.54, 1.807) is 20.5 Å².